The molecule has 1 aromatic carbocycles. The smallest absolute Gasteiger partial charge is 0.240 e. The molecule has 0 amide bonds. The van der Waals surface area contributed by atoms with Crippen molar-refractivity contribution in [3.05, 3.63) is 51.7 Å². The highest BCUT2D eigenvalue weighted by atomic mass is 32.2. The first-order chi connectivity index (χ1) is 12.0. The molecule has 1 saturated heterocycles. The summed E-state index contributed by atoms with van der Waals surface area (Å²) >= 11 is 1.66. The van der Waals surface area contributed by atoms with E-state index in [0.717, 1.165) is 24.2 Å². The monoisotopic (exact) mass is 380 g/mol. The van der Waals surface area contributed by atoms with Crippen LogP contribution in [0.4, 0.5) is 0 Å². The molecule has 0 radical (unpaired) electrons. The van der Waals surface area contributed by atoms with Crippen LogP contribution in [0.1, 0.15) is 22.0 Å². The van der Waals surface area contributed by atoms with Gasteiger partial charge in [-0.15, -0.1) is 11.3 Å². The fourth-order valence-corrected chi connectivity index (χ4v) is 5.27. The predicted octanol–water partition coefficient (Wildman–Crippen LogP) is 2.72. The first kappa shape index (κ1) is 18.5. The number of ether oxygens (including phenoxy) is 1. The summed E-state index contributed by atoms with van der Waals surface area (Å²) in [7, 11) is -3.54. The average molecular weight is 381 g/mol. The lowest BCUT2D eigenvalue weighted by molar-refractivity contribution is 0.0179. The molecule has 2 heterocycles. The van der Waals surface area contributed by atoms with Gasteiger partial charge in [0.1, 0.15) is 0 Å². The summed E-state index contributed by atoms with van der Waals surface area (Å²) in [6.45, 7) is 7.09. The van der Waals surface area contributed by atoms with Gasteiger partial charge in [-0.2, -0.15) is 0 Å². The molecule has 1 aliphatic rings. The zero-order chi connectivity index (χ0) is 17.9. The van der Waals surface area contributed by atoms with E-state index in [0.29, 0.717) is 24.7 Å². The molecule has 0 unspecified atom stereocenters. The van der Waals surface area contributed by atoms with Crippen molar-refractivity contribution in [2.75, 3.05) is 32.8 Å². The fourth-order valence-electron chi connectivity index (χ4n) is 3.04. The van der Waals surface area contributed by atoms with Gasteiger partial charge in [0.05, 0.1) is 24.2 Å². The van der Waals surface area contributed by atoms with Crippen LogP contribution in [0.3, 0.4) is 0 Å². The van der Waals surface area contributed by atoms with E-state index in [-0.39, 0.29) is 6.04 Å². The summed E-state index contributed by atoms with van der Waals surface area (Å²) in [6.07, 6.45) is 0. The van der Waals surface area contributed by atoms with Crippen molar-refractivity contribution in [3.8, 4) is 0 Å². The van der Waals surface area contributed by atoms with Gasteiger partial charge in [-0.1, -0.05) is 18.2 Å². The lowest BCUT2D eigenvalue weighted by Crippen LogP contribution is -2.43. The molecule has 2 aromatic rings. The predicted molar refractivity (Wildman–Crippen MR) is 101 cm³/mol. The Labute approximate surface area is 153 Å². The average Bonchev–Trinajstić information content (AvgIpc) is 3.12. The molecule has 5 nitrogen and oxygen atoms in total. The normalized spacial score (nSPS) is 17.5. The number of rotatable bonds is 6. The minimum absolute atomic E-state index is 0.0313. The van der Waals surface area contributed by atoms with Gasteiger partial charge in [0.25, 0.3) is 0 Å². The Bertz CT molecular complexity index is 798. The van der Waals surface area contributed by atoms with E-state index in [1.54, 1.807) is 17.4 Å². The molecular weight excluding hydrogens is 356 g/mol. The van der Waals surface area contributed by atoms with Crippen molar-refractivity contribution in [1.82, 2.24) is 9.62 Å². The molecule has 7 heteroatoms. The Morgan fingerprint density at radius 3 is 2.68 bits per heavy atom. The Kier molecular flexibility index (Phi) is 5.91. The van der Waals surface area contributed by atoms with Crippen molar-refractivity contribution in [1.29, 1.82) is 0 Å². The number of thiophene rings is 1. The second-order valence-electron chi connectivity index (χ2n) is 6.30. The molecule has 1 fully saturated rings. The standard InChI is InChI=1S/C18H24N2O3S2/c1-14-5-6-15(2)18(12-14)25(21,22)19-13-16(17-4-3-11-24-17)20-7-9-23-10-8-20/h3-6,11-12,16,19H,7-10,13H2,1-2H3/t16-/m0/s1. The van der Waals surface area contributed by atoms with E-state index >= 15 is 0 Å². The van der Waals surface area contributed by atoms with Gasteiger partial charge in [0.15, 0.2) is 0 Å². The summed E-state index contributed by atoms with van der Waals surface area (Å²) < 4.78 is 33.9. The third kappa shape index (κ3) is 4.48. The van der Waals surface area contributed by atoms with Gasteiger partial charge in [-0.05, 0) is 42.5 Å². The van der Waals surface area contributed by atoms with Crippen molar-refractivity contribution in [2.45, 2.75) is 24.8 Å². The molecule has 0 saturated carbocycles. The van der Waals surface area contributed by atoms with E-state index in [2.05, 4.69) is 15.7 Å². The molecule has 0 aliphatic carbocycles. The molecule has 0 bridgehead atoms. The second-order valence-corrected chi connectivity index (χ2v) is 9.02. The number of morpholine rings is 1. The topological polar surface area (TPSA) is 58.6 Å². The quantitative estimate of drug-likeness (QED) is 0.837. The van der Waals surface area contributed by atoms with Crippen molar-refractivity contribution < 1.29 is 13.2 Å². The number of hydrogen-bond acceptors (Lipinski definition) is 5. The van der Waals surface area contributed by atoms with Crippen LogP contribution >= 0.6 is 11.3 Å². The molecule has 0 spiro atoms. The molecular formula is C18H24N2O3S2. The van der Waals surface area contributed by atoms with Crippen LogP contribution in [0.25, 0.3) is 0 Å². The van der Waals surface area contributed by atoms with Crippen LogP contribution < -0.4 is 4.72 Å². The maximum absolute atomic E-state index is 12.8. The van der Waals surface area contributed by atoms with Gasteiger partial charge in [-0.3, -0.25) is 4.90 Å². The van der Waals surface area contributed by atoms with Crippen LogP contribution in [-0.4, -0.2) is 46.2 Å². The molecule has 136 valence electrons. The Morgan fingerprint density at radius 1 is 1.24 bits per heavy atom. The van der Waals surface area contributed by atoms with E-state index < -0.39 is 10.0 Å². The third-order valence-corrected chi connectivity index (χ3v) is 7.00. The highest BCUT2D eigenvalue weighted by molar-refractivity contribution is 7.89. The number of hydrogen-bond donors (Lipinski definition) is 1. The summed E-state index contributed by atoms with van der Waals surface area (Å²) in [5, 5.41) is 2.03. The van der Waals surface area contributed by atoms with Crippen LogP contribution in [0.5, 0.6) is 0 Å². The minimum atomic E-state index is -3.54. The van der Waals surface area contributed by atoms with Crippen LogP contribution in [-0.2, 0) is 14.8 Å². The summed E-state index contributed by atoms with van der Waals surface area (Å²) in [4.78, 5) is 3.82. The molecule has 3 rings (SSSR count). The minimum Gasteiger partial charge on any atom is -0.379 e. The number of sulfonamides is 1. The van der Waals surface area contributed by atoms with E-state index in [1.165, 1.54) is 4.88 Å². The van der Waals surface area contributed by atoms with E-state index in [4.69, 9.17) is 4.74 Å². The maximum Gasteiger partial charge on any atom is 0.240 e. The van der Waals surface area contributed by atoms with Crippen molar-refractivity contribution in [3.63, 3.8) is 0 Å². The molecule has 1 N–H and O–H groups in total. The largest absolute Gasteiger partial charge is 0.379 e. The van der Waals surface area contributed by atoms with Crippen molar-refractivity contribution in [2.24, 2.45) is 0 Å². The number of nitrogens with zero attached hydrogens (tertiary/aromatic N) is 1. The Balaban J connectivity index is 1.79. The highest BCUT2D eigenvalue weighted by Crippen LogP contribution is 2.26. The number of nitrogens with one attached hydrogen (secondary N) is 1. The SMILES string of the molecule is Cc1ccc(C)c(S(=O)(=O)NC[C@@H](c2cccs2)N2CCOCC2)c1. The molecule has 1 atom stereocenters. The van der Waals surface area contributed by atoms with Gasteiger partial charge in [0.2, 0.25) is 10.0 Å². The molecule has 25 heavy (non-hydrogen) atoms. The Morgan fingerprint density at radius 2 is 2.00 bits per heavy atom. The summed E-state index contributed by atoms with van der Waals surface area (Å²) in [6, 6.07) is 9.61. The zero-order valence-corrected chi connectivity index (χ0v) is 16.2. The van der Waals surface area contributed by atoms with Gasteiger partial charge in [0, 0.05) is 24.5 Å². The fraction of sp³-hybridized carbons (Fsp3) is 0.444. The van der Waals surface area contributed by atoms with E-state index in [1.807, 2.05) is 37.4 Å². The van der Waals surface area contributed by atoms with Crippen LogP contribution in [0, 0.1) is 13.8 Å². The maximum atomic E-state index is 12.8. The Hall–Kier alpha value is -1.25. The number of benzene rings is 1. The van der Waals surface area contributed by atoms with E-state index in [9.17, 15) is 8.42 Å². The lowest BCUT2D eigenvalue weighted by atomic mass is 10.2. The van der Waals surface area contributed by atoms with Gasteiger partial charge in [-0.25, -0.2) is 13.1 Å². The third-order valence-electron chi connectivity index (χ3n) is 4.46. The van der Waals surface area contributed by atoms with Crippen LogP contribution in [0.2, 0.25) is 0 Å². The van der Waals surface area contributed by atoms with Gasteiger partial charge >= 0.3 is 0 Å². The highest BCUT2D eigenvalue weighted by Gasteiger charge is 2.26. The number of aryl methyl sites for hydroxylation is 2. The van der Waals surface area contributed by atoms with Crippen LogP contribution in [0.15, 0.2) is 40.6 Å². The van der Waals surface area contributed by atoms with Gasteiger partial charge < -0.3 is 4.74 Å². The van der Waals surface area contributed by atoms with Crippen molar-refractivity contribution >= 4 is 21.4 Å². The lowest BCUT2D eigenvalue weighted by Gasteiger charge is -2.34. The summed E-state index contributed by atoms with van der Waals surface area (Å²) in [5.74, 6) is 0. The summed E-state index contributed by atoms with van der Waals surface area (Å²) in [5.41, 5.74) is 1.70. The molecule has 1 aliphatic heterocycles. The first-order valence-corrected chi connectivity index (χ1v) is 10.8. The first-order valence-electron chi connectivity index (χ1n) is 8.39. The second kappa shape index (κ2) is 7.97. The zero-order valence-electron chi connectivity index (χ0n) is 14.6. The molecule has 1 aromatic heterocycles.